The number of carboxylic acids is 1. The molecule has 21 heavy (non-hydrogen) atoms. The van der Waals surface area contributed by atoms with Gasteiger partial charge in [-0.15, -0.1) is 0 Å². The largest absolute Gasteiger partial charge is 0.497 e. The number of hydrogen-bond donors (Lipinski definition) is 1. The molecule has 0 bridgehead atoms. The Balaban J connectivity index is 2.11. The minimum Gasteiger partial charge on any atom is -0.497 e. The summed E-state index contributed by atoms with van der Waals surface area (Å²) >= 11 is 0. The number of carbonyl (C=O) groups is 1. The smallest absolute Gasteiger partial charge is 0.324 e. The van der Waals surface area contributed by atoms with Crippen LogP contribution in [0.5, 0.6) is 5.75 Å². The highest BCUT2D eigenvalue weighted by atomic mass is 16.5. The van der Waals surface area contributed by atoms with Gasteiger partial charge < -0.3 is 19.3 Å². The van der Waals surface area contributed by atoms with Crippen molar-refractivity contribution in [3.63, 3.8) is 0 Å². The van der Waals surface area contributed by atoms with Crippen molar-refractivity contribution in [3.8, 4) is 17.1 Å². The molecule has 0 saturated heterocycles. The van der Waals surface area contributed by atoms with E-state index in [2.05, 4.69) is 10.1 Å². The molecule has 0 aliphatic rings. The molecule has 0 fully saturated rings. The van der Waals surface area contributed by atoms with Crippen LogP contribution in [0.15, 0.2) is 28.8 Å². The van der Waals surface area contributed by atoms with E-state index in [0.717, 1.165) is 11.3 Å². The van der Waals surface area contributed by atoms with Crippen molar-refractivity contribution in [1.29, 1.82) is 0 Å². The van der Waals surface area contributed by atoms with E-state index in [1.165, 1.54) is 0 Å². The second-order valence-corrected chi connectivity index (χ2v) is 4.75. The van der Waals surface area contributed by atoms with Crippen molar-refractivity contribution in [2.75, 3.05) is 25.6 Å². The van der Waals surface area contributed by atoms with Crippen LogP contribution >= 0.6 is 0 Å². The van der Waals surface area contributed by atoms with Crippen LogP contribution < -0.4 is 9.64 Å². The highest BCUT2D eigenvalue weighted by Gasteiger charge is 2.18. The van der Waals surface area contributed by atoms with Gasteiger partial charge in [0, 0.05) is 19.2 Å². The molecule has 2 rings (SSSR count). The Morgan fingerprint density at radius 3 is 2.67 bits per heavy atom. The number of benzene rings is 1. The quantitative estimate of drug-likeness (QED) is 0.869. The van der Waals surface area contributed by atoms with E-state index in [9.17, 15) is 4.79 Å². The Kier molecular flexibility index (Phi) is 4.42. The van der Waals surface area contributed by atoms with Crippen LogP contribution in [0.3, 0.4) is 0 Å². The van der Waals surface area contributed by atoms with Crippen LogP contribution in [0.4, 0.5) is 6.01 Å². The minimum atomic E-state index is -0.864. The number of carboxylic acid groups (broad SMARTS) is 1. The third kappa shape index (κ3) is 3.50. The molecular formula is C14H17N3O4. The first kappa shape index (κ1) is 14.8. The number of rotatable bonds is 6. The van der Waals surface area contributed by atoms with Crippen LogP contribution in [0.25, 0.3) is 11.4 Å². The highest BCUT2D eigenvalue weighted by molar-refractivity contribution is 5.70. The van der Waals surface area contributed by atoms with E-state index in [0.29, 0.717) is 12.4 Å². The van der Waals surface area contributed by atoms with Crippen molar-refractivity contribution in [3.05, 3.63) is 24.3 Å². The number of hydrogen-bond acceptors (Lipinski definition) is 6. The van der Waals surface area contributed by atoms with E-state index < -0.39 is 11.9 Å². The molecule has 1 atom stereocenters. The van der Waals surface area contributed by atoms with Crippen LogP contribution in [0.2, 0.25) is 0 Å². The van der Waals surface area contributed by atoms with Crippen LogP contribution in [-0.2, 0) is 4.79 Å². The normalized spacial score (nSPS) is 12.0. The van der Waals surface area contributed by atoms with Crippen molar-refractivity contribution in [1.82, 2.24) is 10.1 Å². The zero-order valence-electron chi connectivity index (χ0n) is 12.1. The van der Waals surface area contributed by atoms with Gasteiger partial charge in [-0.1, -0.05) is 12.1 Å². The molecule has 0 amide bonds. The molecule has 0 saturated carbocycles. The number of ether oxygens (including phenoxy) is 1. The SMILES string of the molecule is COc1ccc(-c2noc(N(C)CC(C)C(=O)O)n2)cc1. The molecule has 1 aromatic heterocycles. The van der Waals surface area contributed by atoms with Crippen LogP contribution in [0, 0.1) is 5.92 Å². The Morgan fingerprint density at radius 2 is 2.10 bits per heavy atom. The van der Waals surface area contributed by atoms with Gasteiger partial charge in [-0.25, -0.2) is 0 Å². The molecular weight excluding hydrogens is 274 g/mol. The van der Waals surface area contributed by atoms with Crippen molar-refractivity contribution in [2.24, 2.45) is 5.92 Å². The van der Waals surface area contributed by atoms with Gasteiger partial charge in [0.25, 0.3) is 0 Å². The standard InChI is InChI=1S/C14H17N3O4/c1-9(13(18)19)8-17(2)14-15-12(16-21-14)10-4-6-11(20-3)7-5-10/h4-7,9H,8H2,1-3H3,(H,18,19). The zero-order valence-corrected chi connectivity index (χ0v) is 12.1. The molecule has 0 aliphatic heterocycles. The van der Waals surface area contributed by atoms with Gasteiger partial charge in [0.2, 0.25) is 5.82 Å². The highest BCUT2D eigenvalue weighted by Crippen LogP contribution is 2.22. The molecule has 0 spiro atoms. The summed E-state index contributed by atoms with van der Waals surface area (Å²) in [5.74, 6) is -0.194. The number of nitrogens with zero attached hydrogens (tertiary/aromatic N) is 3. The van der Waals surface area contributed by atoms with E-state index in [-0.39, 0.29) is 6.01 Å². The Labute approximate surface area is 122 Å². The van der Waals surface area contributed by atoms with Gasteiger partial charge in [0.15, 0.2) is 0 Å². The van der Waals surface area contributed by atoms with Crippen LogP contribution in [0.1, 0.15) is 6.92 Å². The van der Waals surface area contributed by atoms with E-state index in [1.54, 1.807) is 26.0 Å². The van der Waals surface area contributed by atoms with Crippen molar-refractivity contribution < 1.29 is 19.2 Å². The van der Waals surface area contributed by atoms with E-state index >= 15 is 0 Å². The number of anilines is 1. The Morgan fingerprint density at radius 1 is 1.43 bits per heavy atom. The predicted octanol–water partition coefficient (Wildman–Crippen LogP) is 1.90. The molecule has 0 radical (unpaired) electrons. The lowest BCUT2D eigenvalue weighted by atomic mass is 10.2. The average Bonchev–Trinajstić information content (AvgIpc) is 2.97. The summed E-state index contributed by atoms with van der Waals surface area (Å²) in [6, 6.07) is 7.55. The summed E-state index contributed by atoms with van der Waals surface area (Å²) < 4.78 is 10.2. The Bertz CT molecular complexity index is 609. The van der Waals surface area contributed by atoms with Crippen LogP contribution in [-0.4, -0.2) is 41.9 Å². The van der Waals surface area contributed by atoms with Gasteiger partial charge in [-0.05, 0) is 24.3 Å². The number of aliphatic carboxylic acids is 1. The summed E-state index contributed by atoms with van der Waals surface area (Å²) in [6.07, 6.45) is 0. The summed E-state index contributed by atoms with van der Waals surface area (Å²) in [5, 5.41) is 12.8. The third-order valence-corrected chi connectivity index (χ3v) is 3.06. The summed E-state index contributed by atoms with van der Waals surface area (Å²) in [6.45, 7) is 1.92. The molecule has 1 unspecified atom stereocenters. The topological polar surface area (TPSA) is 88.7 Å². The Hall–Kier alpha value is -2.57. The fourth-order valence-electron chi connectivity index (χ4n) is 1.79. The monoisotopic (exact) mass is 291 g/mol. The maximum absolute atomic E-state index is 10.8. The molecule has 7 nitrogen and oxygen atoms in total. The third-order valence-electron chi connectivity index (χ3n) is 3.06. The summed E-state index contributed by atoms with van der Waals surface area (Å²) in [4.78, 5) is 16.7. The van der Waals surface area contributed by atoms with Gasteiger partial charge in [-0.3, -0.25) is 4.79 Å². The molecule has 7 heteroatoms. The van der Waals surface area contributed by atoms with E-state index in [4.69, 9.17) is 14.4 Å². The molecule has 112 valence electrons. The van der Waals surface area contributed by atoms with Gasteiger partial charge >= 0.3 is 12.0 Å². The maximum Gasteiger partial charge on any atom is 0.324 e. The molecule has 2 aromatic rings. The fraction of sp³-hybridized carbons (Fsp3) is 0.357. The molecule has 1 aromatic carbocycles. The summed E-state index contributed by atoms with van der Waals surface area (Å²) in [7, 11) is 3.31. The number of aromatic nitrogens is 2. The second-order valence-electron chi connectivity index (χ2n) is 4.75. The molecule has 1 heterocycles. The first-order valence-electron chi connectivity index (χ1n) is 6.43. The lowest BCUT2D eigenvalue weighted by Gasteiger charge is -2.15. The maximum atomic E-state index is 10.8. The zero-order chi connectivity index (χ0) is 15.4. The lowest BCUT2D eigenvalue weighted by molar-refractivity contribution is -0.140. The molecule has 1 N–H and O–H groups in total. The first-order valence-corrected chi connectivity index (χ1v) is 6.43. The predicted molar refractivity (Wildman–Crippen MR) is 76.4 cm³/mol. The summed E-state index contributed by atoms with van der Waals surface area (Å²) in [5.41, 5.74) is 0.797. The van der Waals surface area contributed by atoms with Gasteiger partial charge in [-0.2, -0.15) is 4.98 Å². The number of methoxy groups -OCH3 is 1. The van der Waals surface area contributed by atoms with E-state index in [1.807, 2.05) is 24.3 Å². The molecule has 0 aliphatic carbocycles. The fourth-order valence-corrected chi connectivity index (χ4v) is 1.79. The van der Waals surface area contributed by atoms with Gasteiger partial charge in [0.05, 0.1) is 13.0 Å². The minimum absolute atomic E-state index is 0.286. The first-order chi connectivity index (χ1) is 10.0. The van der Waals surface area contributed by atoms with Crippen molar-refractivity contribution in [2.45, 2.75) is 6.92 Å². The van der Waals surface area contributed by atoms with Gasteiger partial charge in [0.1, 0.15) is 5.75 Å². The average molecular weight is 291 g/mol. The van der Waals surface area contributed by atoms with Crippen molar-refractivity contribution >= 4 is 12.0 Å². The second kappa shape index (κ2) is 6.25. The lowest BCUT2D eigenvalue weighted by Crippen LogP contribution is -2.28.